The summed E-state index contributed by atoms with van der Waals surface area (Å²) in [5, 5.41) is 2.29. The Kier molecular flexibility index (Phi) is 5.35. The van der Waals surface area contributed by atoms with Gasteiger partial charge in [-0.2, -0.15) is 0 Å². The van der Waals surface area contributed by atoms with Gasteiger partial charge in [-0.05, 0) is 43.3 Å². The van der Waals surface area contributed by atoms with Crippen molar-refractivity contribution in [2.75, 3.05) is 11.9 Å². The first-order valence-electron chi connectivity index (χ1n) is 8.14. The number of amides is 1. The lowest BCUT2D eigenvalue weighted by atomic mass is 10.2. The average molecular weight is 387 g/mol. The summed E-state index contributed by atoms with van der Waals surface area (Å²) in [7, 11) is 0. The first kappa shape index (κ1) is 19.0. The molecule has 3 aromatic rings. The van der Waals surface area contributed by atoms with Crippen molar-refractivity contribution in [2.24, 2.45) is 0 Å². The molecule has 2 aromatic carbocycles. The summed E-state index contributed by atoms with van der Waals surface area (Å²) < 4.78 is 32.3. The van der Waals surface area contributed by atoms with Gasteiger partial charge >= 0.3 is 11.7 Å². The Hall–Kier alpha value is -3.75. The van der Waals surface area contributed by atoms with E-state index in [0.717, 1.165) is 12.1 Å². The number of benzene rings is 2. The maximum Gasteiger partial charge on any atom is 0.338 e. The molecule has 0 bridgehead atoms. The zero-order chi connectivity index (χ0) is 20.3. The van der Waals surface area contributed by atoms with Crippen LogP contribution in [0.4, 0.5) is 14.5 Å². The summed E-state index contributed by atoms with van der Waals surface area (Å²) in [6.45, 7) is 1.15. The average Bonchev–Trinajstić information content (AvgIpc) is 3.01. The van der Waals surface area contributed by atoms with Gasteiger partial charge < -0.3 is 15.0 Å². The van der Waals surface area contributed by atoms with E-state index in [1.807, 2.05) is 0 Å². The van der Waals surface area contributed by atoms with E-state index < -0.39 is 30.1 Å². The van der Waals surface area contributed by atoms with Crippen molar-refractivity contribution < 1.29 is 23.1 Å². The Labute approximate surface area is 157 Å². The fraction of sp³-hybridized carbons (Fsp3) is 0.105. The fourth-order valence-electron chi connectivity index (χ4n) is 2.51. The SMILES string of the molecule is Cc1c[nH]c(=O)n1-c1ccc(C(=O)OCC(=O)Nc2ccc(F)c(F)c2)cc1. The summed E-state index contributed by atoms with van der Waals surface area (Å²) in [6, 6.07) is 8.94. The largest absolute Gasteiger partial charge is 0.452 e. The predicted molar refractivity (Wildman–Crippen MR) is 96.4 cm³/mol. The number of anilines is 1. The van der Waals surface area contributed by atoms with E-state index in [9.17, 15) is 23.2 Å². The minimum absolute atomic E-state index is 0.0385. The molecular formula is C19H15F2N3O4. The van der Waals surface area contributed by atoms with Gasteiger partial charge in [0.05, 0.1) is 11.3 Å². The lowest BCUT2D eigenvalue weighted by molar-refractivity contribution is -0.119. The molecule has 2 N–H and O–H groups in total. The van der Waals surface area contributed by atoms with Crippen LogP contribution in [0.3, 0.4) is 0 Å². The van der Waals surface area contributed by atoms with Gasteiger partial charge in [0.2, 0.25) is 0 Å². The predicted octanol–water partition coefficient (Wildman–Crippen LogP) is 2.55. The number of aromatic amines is 1. The molecule has 0 saturated heterocycles. The van der Waals surface area contributed by atoms with Crippen molar-refractivity contribution in [2.45, 2.75) is 6.92 Å². The highest BCUT2D eigenvalue weighted by Crippen LogP contribution is 2.13. The second kappa shape index (κ2) is 7.87. The maximum absolute atomic E-state index is 13.1. The van der Waals surface area contributed by atoms with Crippen LogP contribution < -0.4 is 11.0 Å². The topological polar surface area (TPSA) is 93.2 Å². The van der Waals surface area contributed by atoms with E-state index >= 15 is 0 Å². The van der Waals surface area contributed by atoms with Gasteiger partial charge in [-0.1, -0.05) is 0 Å². The van der Waals surface area contributed by atoms with Gasteiger partial charge in [0.25, 0.3) is 5.91 Å². The van der Waals surface area contributed by atoms with Crippen LogP contribution in [0.2, 0.25) is 0 Å². The molecule has 0 fully saturated rings. The summed E-state index contributed by atoms with van der Waals surface area (Å²) in [5.41, 5.74) is 1.19. The third-order valence-corrected chi connectivity index (χ3v) is 3.86. The molecule has 0 spiro atoms. The molecule has 0 aliphatic carbocycles. The Morgan fingerprint density at radius 2 is 1.82 bits per heavy atom. The van der Waals surface area contributed by atoms with Crippen LogP contribution in [0, 0.1) is 18.6 Å². The molecular weight excluding hydrogens is 372 g/mol. The van der Waals surface area contributed by atoms with Crippen LogP contribution >= 0.6 is 0 Å². The van der Waals surface area contributed by atoms with Crippen molar-refractivity contribution in [1.82, 2.24) is 9.55 Å². The summed E-state index contributed by atoms with van der Waals surface area (Å²) in [5.74, 6) is -3.59. The van der Waals surface area contributed by atoms with Crippen molar-refractivity contribution in [3.8, 4) is 5.69 Å². The third-order valence-electron chi connectivity index (χ3n) is 3.86. The van der Waals surface area contributed by atoms with Gasteiger partial charge in [-0.25, -0.2) is 18.4 Å². The number of hydrogen-bond acceptors (Lipinski definition) is 4. The molecule has 9 heteroatoms. The van der Waals surface area contributed by atoms with Crippen molar-refractivity contribution in [3.63, 3.8) is 0 Å². The number of carbonyl (C=O) groups is 2. The number of rotatable bonds is 5. The van der Waals surface area contributed by atoms with Gasteiger partial charge in [0.1, 0.15) is 0 Å². The number of imidazole rings is 1. The first-order chi connectivity index (χ1) is 13.3. The second-order valence-electron chi connectivity index (χ2n) is 5.87. The lowest BCUT2D eigenvalue weighted by Gasteiger charge is -2.08. The number of halogens is 2. The summed E-state index contributed by atoms with van der Waals surface area (Å²) in [4.78, 5) is 38.1. The van der Waals surface area contributed by atoms with Crippen LogP contribution in [0.5, 0.6) is 0 Å². The fourth-order valence-corrected chi connectivity index (χ4v) is 2.51. The number of aryl methyl sites for hydroxylation is 1. The van der Waals surface area contributed by atoms with Crippen molar-refractivity contribution >= 4 is 17.6 Å². The number of H-pyrrole nitrogens is 1. The molecule has 0 atom stereocenters. The van der Waals surface area contributed by atoms with Crippen LogP contribution in [0.1, 0.15) is 16.1 Å². The Balaban J connectivity index is 1.59. The van der Waals surface area contributed by atoms with E-state index in [1.165, 1.54) is 22.8 Å². The number of nitrogens with one attached hydrogen (secondary N) is 2. The molecule has 0 unspecified atom stereocenters. The molecule has 0 aliphatic rings. The van der Waals surface area contributed by atoms with Crippen molar-refractivity contribution in [3.05, 3.63) is 82.0 Å². The van der Waals surface area contributed by atoms with Gasteiger partial charge in [0, 0.05) is 23.6 Å². The molecule has 144 valence electrons. The monoisotopic (exact) mass is 387 g/mol. The number of ether oxygens (including phenoxy) is 1. The Morgan fingerprint density at radius 3 is 2.43 bits per heavy atom. The highest BCUT2D eigenvalue weighted by atomic mass is 19.2. The van der Waals surface area contributed by atoms with Crippen LogP contribution in [0.25, 0.3) is 5.69 Å². The molecule has 0 radical (unpaired) electrons. The highest BCUT2D eigenvalue weighted by molar-refractivity contribution is 5.95. The molecule has 7 nitrogen and oxygen atoms in total. The lowest BCUT2D eigenvalue weighted by Crippen LogP contribution is -2.21. The third kappa shape index (κ3) is 4.14. The molecule has 0 saturated carbocycles. The molecule has 1 amide bonds. The van der Waals surface area contributed by atoms with E-state index in [2.05, 4.69) is 10.3 Å². The van der Waals surface area contributed by atoms with Gasteiger partial charge in [0.15, 0.2) is 18.2 Å². The molecule has 1 heterocycles. The van der Waals surface area contributed by atoms with Crippen LogP contribution in [0.15, 0.2) is 53.5 Å². The maximum atomic E-state index is 13.1. The zero-order valence-corrected chi connectivity index (χ0v) is 14.7. The smallest absolute Gasteiger partial charge is 0.338 e. The molecule has 3 rings (SSSR count). The standard InChI is InChI=1S/C19H15F2N3O4/c1-11-9-22-19(27)24(11)14-5-2-12(3-6-14)18(26)28-10-17(25)23-13-4-7-15(20)16(21)8-13/h2-9H,10H2,1H3,(H,22,27)(H,23,25). The molecule has 28 heavy (non-hydrogen) atoms. The normalized spacial score (nSPS) is 10.5. The van der Waals surface area contributed by atoms with Gasteiger partial charge in [-0.3, -0.25) is 9.36 Å². The van der Waals surface area contributed by atoms with Gasteiger partial charge in [-0.15, -0.1) is 0 Å². The highest BCUT2D eigenvalue weighted by Gasteiger charge is 2.12. The van der Waals surface area contributed by atoms with Crippen LogP contribution in [-0.2, 0) is 9.53 Å². The Bertz CT molecular complexity index is 1090. The quantitative estimate of drug-likeness (QED) is 0.658. The number of hydrogen-bond donors (Lipinski definition) is 2. The zero-order valence-electron chi connectivity index (χ0n) is 14.7. The first-order valence-corrected chi connectivity index (χ1v) is 8.14. The summed E-state index contributed by atoms with van der Waals surface area (Å²) in [6.07, 6.45) is 1.57. The van der Waals surface area contributed by atoms with E-state index in [4.69, 9.17) is 4.74 Å². The Morgan fingerprint density at radius 1 is 1.11 bits per heavy atom. The van der Waals surface area contributed by atoms with E-state index in [0.29, 0.717) is 11.4 Å². The second-order valence-corrected chi connectivity index (χ2v) is 5.87. The number of nitrogens with zero attached hydrogens (tertiary/aromatic N) is 1. The minimum atomic E-state index is -1.10. The number of esters is 1. The van der Waals surface area contributed by atoms with Crippen molar-refractivity contribution in [1.29, 1.82) is 0 Å². The van der Waals surface area contributed by atoms with Crippen LogP contribution in [-0.4, -0.2) is 28.0 Å². The van der Waals surface area contributed by atoms with E-state index in [1.54, 1.807) is 25.3 Å². The molecule has 0 aliphatic heterocycles. The molecule has 1 aromatic heterocycles. The van der Waals surface area contributed by atoms with E-state index in [-0.39, 0.29) is 16.9 Å². The summed E-state index contributed by atoms with van der Waals surface area (Å²) >= 11 is 0. The minimum Gasteiger partial charge on any atom is -0.452 e. The number of carbonyl (C=O) groups excluding carboxylic acids is 2. The number of aromatic nitrogens is 2.